The maximum atomic E-state index is 13.3. The first-order chi connectivity index (χ1) is 16.8. The predicted molar refractivity (Wildman–Crippen MR) is 129 cm³/mol. The van der Waals surface area contributed by atoms with Crippen LogP contribution in [0.3, 0.4) is 0 Å². The van der Waals surface area contributed by atoms with Crippen LogP contribution in [0, 0.1) is 6.92 Å². The summed E-state index contributed by atoms with van der Waals surface area (Å²) >= 11 is 0. The van der Waals surface area contributed by atoms with Crippen molar-refractivity contribution < 1.29 is 34.1 Å². The second-order valence-electron chi connectivity index (χ2n) is 8.00. The summed E-state index contributed by atoms with van der Waals surface area (Å²) < 4.78 is 10.8. The monoisotopic (exact) mass is 473 g/mol. The number of carboxylic acids is 1. The van der Waals surface area contributed by atoms with Gasteiger partial charge in [0.2, 0.25) is 0 Å². The number of aliphatic hydroxyl groups excluding tert-OH is 1. The molecule has 4 rings (SSSR count). The Morgan fingerprint density at radius 2 is 1.60 bits per heavy atom. The number of aliphatic hydroxyl groups is 1. The van der Waals surface area contributed by atoms with Gasteiger partial charge in [-0.05, 0) is 37.3 Å². The number of anilines is 1. The van der Waals surface area contributed by atoms with E-state index in [1.54, 1.807) is 42.5 Å². The molecule has 1 aliphatic rings. The molecule has 1 amide bonds. The van der Waals surface area contributed by atoms with Crippen LogP contribution in [0.4, 0.5) is 5.69 Å². The van der Waals surface area contributed by atoms with Crippen LogP contribution >= 0.6 is 0 Å². The topological polar surface area (TPSA) is 113 Å². The maximum absolute atomic E-state index is 13.3. The van der Waals surface area contributed by atoms with Gasteiger partial charge in [-0.15, -0.1) is 0 Å². The summed E-state index contributed by atoms with van der Waals surface area (Å²) in [4.78, 5) is 39.4. The zero-order valence-corrected chi connectivity index (χ0v) is 19.3. The van der Waals surface area contributed by atoms with Gasteiger partial charge in [0.05, 0.1) is 31.4 Å². The summed E-state index contributed by atoms with van der Waals surface area (Å²) in [7, 11) is 2.94. The third kappa shape index (κ3) is 4.21. The molecule has 1 fully saturated rings. The molecule has 0 spiro atoms. The number of aromatic carboxylic acids is 1. The quantitative estimate of drug-likeness (QED) is 0.311. The number of rotatable bonds is 6. The highest BCUT2D eigenvalue weighted by Gasteiger charge is 2.48. The molecule has 0 radical (unpaired) electrons. The van der Waals surface area contributed by atoms with E-state index in [2.05, 4.69) is 0 Å². The number of benzene rings is 3. The average Bonchev–Trinajstić information content (AvgIpc) is 3.13. The molecule has 0 aromatic heterocycles. The molecule has 3 aromatic rings. The molecular weight excluding hydrogens is 450 g/mol. The van der Waals surface area contributed by atoms with E-state index in [1.807, 2.05) is 6.92 Å². The van der Waals surface area contributed by atoms with Crippen molar-refractivity contribution >= 4 is 29.1 Å². The van der Waals surface area contributed by atoms with Gasteiger partial charge in [-0.3, -0.25) is 14.5 Å². The molecule has 8 heteroatoms. The molecule has 2 N–H and O–H groups in total. The van der Waals surface area contributed by atoms with Crippen molar-refractivity contribution in [1.29, 1.82) is 0 Å². The van der Waals surface area contributed by atoms with Crippen molar-refractivity contribution in [3.05, 3.63) is 94.6 Å². The summed E-state index contributed by atoms with van der Waals surface area (Å²) in [6.07, 6.45) is 0. The number of methoxy groups -OCH3 is 2. The van der Waals surface area contributed by atoms with Crippen LogP contribution in [0.5, 0.6) is 11.5 Å². The van der Waals surface area contributed by atoms with Gasteiger partial charge in [-0.25, -0.2) is 4.79 Å². The van der Waals surface area contributed by atoms with Crippen molar-refractivity contribution in [2.45, 2.75) is 13.0 Å². The van der Waals surface area contributed by atoms with E-state index in [4.69, 9.17) is 9.47 Å². The summed E-state index contributed by atoms with van der Waals surface area (Å²) in [5.41, 5.74) is 1.75. The Balaban J connectivity index is 2.00. The molecular formula is C27H23NO7. The van der Waals surface area contributed by atoms with Crippen LogP contribution in [0.25, 0.3) is 5.76 Å². The second kappa shape index (κ2) is 9.34. The first kappa shape index (κ1) is 23.6. The van der Waals surface area contributed by atoms with Crippen LogP contribution in [0.15, 0.2) is 72.3 Å². The van der Waals surface area contributed by atoms with E-state index in [0.29, 0.717) is 22.6 Å². The molecule has 1 atom stereocenters. The number of amides is 1. The van der Waals surface area contributed by atoms with Crippen molar-refractivity contribution in [3.63, 3.8) is 0 Å². The minimum atomic E-state index is -1.18. The lowest BCUT2D eigenvalue weighted by Gasteiger charge is -2.27. The van der Waals surface area contributed by atoms with Crippen molar-refractivity contribution in [3.8, 4) is 11.5 Å². The Morgan fingerprint density at radius 3 is 2.23 bits per heavy atom. The normalized spacial score (nSPS) is 16.9. The highest BCUT2D eigenvalue weighted by atomic mass is 16.5. The fourth-order valence-corrected chi connectivity index (χ4v) is 4.09. The molecule has 0 saturated carbocycles. The average molecular weight is 473 g/mol. The summed E-state index contributed by atoms with van der Waals surface area (Å²) in [6.45, 7) is 1.89. The van der Waals surface area contributed by atoms with E-state index < -0.39 is 23.7 Å². The first-order valence-electron chi connectivity index (χ1n) is 10.7. The number of hydrogen-bond acceptors (Lipinski definition) is 6. The fourth-order valence-electron chi connectivity index (χ4n) is 4.09. The molecule has 1 heterocycles. The zero-order valence-electron chi connectivity index (χ0n) is 19.3. The molecule has 178 valence electrons. The number of carboxylic acid groups (broad SMARTS) is 1. The van der Waals surface area contributed by atoms with Crippen LogP contribution in [0.1, 0.15) is 33.1 Å². The lowest BCUT2D eigenvalue weighted by molar-refractivity contribution is -0.132. The Hall–Kier alpha value is -4.59. The van der Waals surface area contributed by atoms with Crippen LogP contribution in [-0.4, -0.2) is 42.1 Å². The number of Topliss-reactive ketones (excluding diaryl/α,β-unsaturated/α-hetero) is 1. The number of aryl methyl sites for hydroxylation is 1. The molecule has 35 heavy (non-hydrogen) atoms. The number of carbonyl (C=O) groups excluding carboxylic acids is 2. The molecule has 0 aliphatic carbocycles. The summed E-state index contributed by atoms with van der Waals surface area (Å²) in [6, 6.07) is 16.4. The largest absolute Gasteiger partial charge is 0.507 e. The number of carbonyl (C=O) groups is 3. The first-order valence-corrected chi connectivity index (χ1v) is 10.7. The smallest absolute Gasteiger partial charge is 0.335 e. The number of ketones is 1. The lowest BCUT2D eigenvalue weighted by Crippen LogP contribution is -2.29. The molecule has 0 unspecified atom stereocenters. The number of nitrogens with zero attached hydrogens (tertiary/aromatic N) is 1. The third-order valence-electron chi connectivity index (χ3n) is 5.88. The van der Waals surface area contributed by atoms with Gasteiger partial charge in [0.1, 0.15) is 17.3 Å². The van der Waals surface area contributed by atoms with Gasteiger partial charge in [-0.1, -0.05) is 35.9 Å². The second-order valence-corrected chi connectivity index (χ2v) is 8.00. The Kier molecular flexibility index (Phi) is 6.29. The highest BCUT2D eigenvalue weighted by molar-refractivity contribution is 6.51. The van der Waals surface area contributed by atoms with Gasteiger partial charge in [-0.2, -0.15) is 0 Å². The van der Waals surface area contributed by atoms with Crippen LogP contribution in [0.2, 0.25) is 0 Å². The minimum Gasteiger partial charge on any atom is -0.507 e. The molecule has 8 nitrogen and oxygen atoms in total. The van der Waals surface area contributed by atoms with E-state index in [-0.39, 0.29) is 22.6 Å². The van der Waals surface area contributed by atoms with Gasteiger partial charge >= 0.3 is 5.97 Å². The van der Waals surface area contributed by atoms with Crippen molar-refractivity contribution in [1.82, 2.24) is 0 Å². The van der Waals surface area contributed by atoms with Crippen molar-refractivity contribution in [2.24, 2.45) is 0 Å². The standard InChI is InChI=1S/C27H23NO7/c1-15-7-9-16(10-8-15)24(29)22-23(20-12-11-19(34-2)14-21(20)35-3)28(26(31)25(22)30)18-6-4-5-17(13-18)27(32)33/h4-14,23,29H,1-3H3,(H,32,33)/b24-22+/t23-/m0/s1. The maximum Gasteiger partial charge on any atom is 0.335 e. The molecule has 1 aliphatic heterocycles. The Labute approximate surface area is 201 Å². The Morgan fingerprint density at radius 1 is 0.886 bits per heavy atom. The zero-order chi connectivity index (χ0) is 25.3. The van der Waals surface area contributed by atoms with E-state index in [0.717, 1.165) is 5.56 Å². The third-order valence-corrected chi connectivity index (χ3v) is 5.88. The number of hydrogen-bond donors (Lipinski definition) is 2. The summed E-state index contributed by atoms with van der Waals surface area (Å²) in [5.74, 6) is -2.50. The van der Waals surface area contributed by atoms with Gasteiger partial charge in [0.15, 0.2) is 0 Å². The molecule has 1 saturated heterocycles. The fraction of sp³-hybridized carbons (Fsp3) is 0.148. The van der Waals surface area contributed by atoms with Gasteiger partial charge < -0.3 is 19.7 Å². The molecule has 3 aromatic carbocycles. The SMILES string of the molecule is COc1ccc([C@H]2/C(=C(\O)c3ccc(C)cc3)C(=O)C(=O)N2c2cccc(C(=O)O)c2)c(OC)c1. The predicted octanol–water partition coefficient (Wildman–Crippen LogP) is 4.34. The van der Waals surface area contributed by atoms with E-state index >= 15 is 0 Å². The highest BCUT2D eigenvalue weighted by Crippen LogP contribution is 2.45. The van der Waals surface area contributed by atoms with Crippen LogP contribution < -0.4 is 14.4 Å². The van der Waals surface area contributed by atoms with Gasteiger partial charge in [0.25, 0.3) is 11.7 Å². The van der Waals surface area contributed by atoms with E-state index in [1.165, 1.54) is 43.4 Å². The molecule has 0 bridgehead atoms. The van der Waals surface area contributed by atoms with Crippen molar-refractivity contribution in [2.75, 3.05) is 19.1 Å². The minimum absolute atomic E-state index is 0.0524. The van der Waals surface area contributed by atoms with Gasteiger partial charge in [0, 0.05) is 22.9 Å². The Bertz CT molecular complexity index is 1360. The number of ether oxygens (including phenoxy) is 2. The lowest BCUT2D eigenvalue weighted by atomic mass is 9.94. The summed E-state index contributed by atoms with van der Waals surface area (Å²) in [5, 5.41) is 20.7. The van der Waals surface area contributed by atoms with Crippen LogP contribution in [-0.2, 0) is 9.59 Å². The van der Waals surface area contributed by atoms with E-state index in [9.17, 15) is 24.6 Å².